The van der Waals surface area contributed by atoms with Gasteiger partial charge in [0.15, 0.2) is 11.5 Å². The molecule has 1 amide bonds. The Kier molecular flexibility index (Phi) is 4.88. The predicted octanol–water partition coefficient (Wildman–Crippen LogP) is 3.38. The number of carbonyl (C=O) groups is 1. The lowest BCUT2D eigenvalue weighted by Crippen LogP contribution is -2.38. The number of thiophene rings is 1. The number of carbonyl (C=O) groups excluding carboxylic acids is 1. The van der Waals surface area contributed by atoms with Gasteiger partial charge in [-0.1, -0.05) is 28.1 Å². The molecular formula is C18H18BrN5OS. The molecule has 6 nitrogen and oxygen atoms in total. The number of halogens is 1. The highest BCUT2D eigenvalue weighted by atomic mass is 79.9. The van der Waals surface area contributed by atoms with Crippen LogP contribution in [0.3, 0.4) is 0 Å². The van der Waals surface area contributed by atoms with Crippen LogP contribution < -0.4 is 16.4 Å². The Morgan fingerprint density at radius 1 is 1.35 bits per heavy atom. The number of hydrogen-bond acceptors (Lipinski definition) is 6. The van der Waals surface area contributed by atoms with Gasteiger partial charge in [0.25, 0.3) is 5.91 Å². The van der Waals surface area contributed by atoms with Crippen LogP contribution in [-0.2, 0) is 0 Å². The minimum atomic E-state index is -0.559. The number of benzene rings is 1. The van der Waals surface area contributed by atoms with E-state index in [2.05, 4.69) is 42.8 Å². The smallest absolute Gasteiger partial charge is 0.270 e. The molecule has 3 aromatic rings. The second-order valence-corrected chi connectivity index (χ2v) is 8.28. The average Bonchev–Trinajstić information content (AvgIpc) is 3.08. The van der Waals surface area contributed by atoms with Crippen molar-refractivity contribution in [3.8, 4) is 10.4 Å². The monoisotopic (exact) mass is 431 g/mol. The highest BCUT2D eigenvalue weighted by Gasteiger charge is 2.20. The lowest BCUT2D eigenvalue weighted by molar-refractivity contribution is 0.0996. The van der Waals surface area contributed by atoms with E-state index in [-0.39, 0.29) is 5.69 Å². The highest BCUT2D eigenvalue weighted by Crippen LogP contribution is 2.38. The maximum atomic E-state index is 11.8. The van der Waals surface area contributed by atoms with Gasteiger partial charge in [0, 0.05) is 27.3 Å². The van der Waals surface area contributed by atoms with Gasteiger partial charge in [0.05, 0.1) is 4.70 Å². The maximum absolute atomic E-state index is 11.8. The average molecular weight is 432 g/mol. The van der Waals surface area contributed by atoms with Crippen LogP contribution >= 0.6 is 27.3 Å². The highest BCUT2D eigenvalue weighted by molar-refractivity contribution is 9.10. The summed E-state index contributed by atoms with van der Waals surface area (Å²) in [6.45, 7) is 1.94. The first kappa shape index (κ1) is 17.4. The summed E-state index contributed by atoms with van der Waals surface area (Å²) in [5.41, 5.74) is 6.81. The molecule has 1 aliphatic rings. The molecule has 4 N–H and O–H groups in total. The molecule has 134 valence electrons. The molecule has 1 fully saturated rings. The van der Waals surface area contributed by atoms with Gasteiger partial charge < -0.3 is 16.4 Å². The lowest BCUT2D eigenvalue weighted by atomic mass is 10.1. The molecule has 0 saturated carbocycles. The second-order valence-electron chi connectivity index (χ2n) is 6.31. The van der Waals surface area contributed by atoms with Gasteiger partial charge in [0.2, 0.25) is 0 Å². The second kappa shape index (κ2) is 7.30. The lowest BCUT2D eigenvalue weighted by Gasteiger charge is -2.24. The van der Waals surface area contributed by atoms with Crippen molar-refractivity contribution in [3.63, 3.8) is 0 Å². The fourth-order valence-electron chi connectivity index (χ4n) is 3.16. The Balaban J connectivity index is 1.80. The molecule has 26 heavy (non-hydrogen) atoms. The van der Waals surface area contributed by atoms with Gasteiger partial charge in [-0.25, -0.2) is 0 Å². The fourth-order valence-corrected chi connectivity index (χ4v) is 4.71. The van der Waals surface area contributed by atoms with Gasteiger partial charge >= 0.3 is 0 Å². The number of nitrogens with two attached hydrogens (primary N) is 1. The van der Waals surface area contributed by atoms with Crippen molar-refractivity contribution in [1.29, 1.82) is 0 Å². The maximum Gasteiger partial charge on any atom is 0.270 e. The molecule has 3 heterocycles. The van der Waals surface area contributed by atoms with Crippen LogP contribution in [0.5, 0.6) is 0 Å². The summed E-state index contributed by atoms with van der Waals surface area (Å²) in [5, 5.41) is 16.1. The van der Waals surface area contributed by atoms with Crippen LogP contribution in [-0.4, -0.2) is 35.2 Å². The molecule has 1 aromatic carbocycles. The number of anilines is 1. The summed E-state index contributed by atoms with van der Waals surface area (Å²) in [6.07, 6.45) is 2.21. The summed E-state index contributed by atoms with van der Waals surface area (Å²) in [7, 11) is 0. The van der Waals surface area contributed by atoms with Crippen LogP contribution in [0.15, 0.2) is 34.8 Å². The van der Waals surface area contributed by atoms with Crippen molar-refractivity contribution in [2.75, 3.05) is 18.4 Å². The summed E-state index contributed by atoms with van der Waals surface area (Å²) in [6, 6.07) is 10.4. The van der Waals surface area contributed by atoms with Gasteiger partial charge in [-0.05, 0) is 43.1 Å². The molecule has 8 heteroatoms. The third-order valence-corrected chi connectivity index (χ3v) is 6.12. The molecule has 1 saturated heterocycles. The molecule has 1 aliphatic heterocycles. The Hall–Kier alpha value is -2.03. The van der Waals surface area contributed by atoms with Crippen molar-refractivity contribution in [3.05, 3.63) is 40.5 Å². The van der Waals surface area contributed by atoms with E-state index in [4.69, 9.17) is 5.73 Å². The standard InChI is InChI=1S/C18H18BrN5OS/c19-11-4-1-3-10(7-11)14-8-13-16(26-14)15(17(20)25)23-24-18(13)22-12-5-2-6-21-9-12/h1,3-4,7-8,12,21H,2,5-6,9H2,(H2,20,25)(H,22,24). The minimum Gasteiger partial charge on any atom is -0.364 e. The number of primary amides is 1. The third-order valence-electron chi connectivity index (χ3n) is 4.43. The number of hydrogen-bond donors (Lipinski definition) is 3. The van der Waals surface area contributed by atoms with E-state index in [0.29, 0.717) is 11.9 Å². The molecule has 1 unspecified atom stereocenters. The van der Waals surface area contributed by atoms with E-state index < -0.39 is 5.91 Å². The molecule has 0 radical (unpaired) electrons. The molecular weight excluding hydrogens is 414 g/mol. The van der Waals surface area contributed by atoms with Crippen LogP contribution in [0.25, 0.3) is 20.5 Å². The van der Waals surface area contributed by atoms with Gasteiger partial charge in [0.1, 0.15) is 0 Å². The van der Waals surface area contributed by atoms with Crippen molar-refractivity contribution in [1.82, 2.24) is 15.5 Å². The SMILES string of the molecule is NC(=O)c1nnc(NC2CCCNC2)c2cc(-c3cccc(Br)c3)sc12. The number of piperidine rings is 1. The normalized spacial score (nSPS) is 17.3. The van der Waals surface area contributed by atoms with Crippen LogP contribution in [0, 0.1) is 0 Å². The van der Waals surface area contributed by atoms with E-state index in [1.54, 1.807) is 0 Å². The molecule has 2 aromatic heterocycles. The summed E-state index contributed by atoms with van der Waals surface area (Å²) < 4.78 is 1.78. The zero-order valence-electron chi connectivity index (χ0n) is 14.0. The van der Waals surface area contributed by atoms with Crippen molar-refractivity contribution < 1.29 is 4.79 Å². The van der Waals surface area contributed by atoms with Crippen LogP contribution in [0.2, 0.25) is 0 Å². The fraction of sp³-hybridized carbons (Fsp3) is 0.278. The quantitative estimate of drug-likeness (QED) is 0.588. The van der Waals surface area contributed by atoms with Crippen molar-refractivity contribution >= 4 is 49.1 Å². The Morgan fingerprint density at radius 3 is 2.96 bits per heavy atom. The van der Waals surface area contributed by atoms with Crippen LogP contribution in [0.1, 0.15) is 23.3 Å². The zero-order chi connectivity index (χ0) is 18.1. The first-order chi connectivity index (χ1) is 12.6. The Labute approximate surface area is 163 Å². The molecule has 0 spiro atoms. The van der Waals surface area contributed by atoms with Gasteiger partial charge in [-0.15, -0.1) is 21.5 Å². The predicted molar refractivity (Wildman–Crippen MR) is 109 cm³/mol. The first-order valence-electron chi connectivity index (χ1n) is 8.45. The zero-order valence-corrected chi connectivity index (χ0v) is 16.4. The number of fused-ring (bicyclic) bond motifs is 1. The summed E-state index contributed by atoms with van der Waals surface area (Å²) >= 11 is 5.02. The number of nitrogens with one attached hydrogen (secondary N) is 2. The van der Waals surface area contributed by atoms with E-state index >= 15 is 0 Å². The van der Waals surface area contributed by atoms with E-state index in [1.165, 1.54) is 11.3 Å². The summed E-state index contributed by atoms with van der Waals surface area (Å²) in [4.78, 5) is 12.8. The van der Waals surface area contributed by atoms with E-state index in [9.17, 15) is 4.79 Å². The van der Waals surface area contributed by atoms with Crippen LogP contribution in [0.4, 0.5) is 5.82 Å². The molecule has 0 aliphatic carbocycles. The Bertz CT molecular complexity index is 967. The third kappa shape index (κ3) is 3.44. The molecule has 0 bridgehead atoms. The van der Waals surface area contributed by atoms with Crippen molar-refractivity contribution in [2.24, 2.45) is 5.73 Å². The number of amides is 1. The van der Waals surface area contributed by atoms with E-state index in [0.717, 1.165) is 50.9 Å². The van der Waals surface area contributed by atoms with Gasteiger partial charge in [-0.2, -0.15) is 0 Å². The first-order valence-corrected chi connectivity index (χ1v) is 10.1. The van der Waals surface area contributed by atoms with Gasteiger partial charge in [-0.3, -0.25) is 4.79 Å². The largest absolute Gasteiger partial charge is 0.364 e. The topological polar surface area (TPSA) is 92.9 Å². The summed E-state index contributed by atoms with van der Waals surface area (Å²) in [5.74, 6) is 0.146. The molecule has 1 atom stereocenters. The number of aromatic nitrogens is 2. The minimum absolute atomic E-state index is 0.221. The number of rotatable bonds is 4. The van der Waals surface area contributed by atoms with E-state index in [1.807, 2.05) is 24.3 Å². The molecule has 4 rings (SSSR count). The van der Waals surface area contributed by atoms with Crippen molar-refractivity contribution in [2.45, 2.75) is 18.9 Å². The number of nitrogens with zero attached hydrogens (tertiary/aromatic N) is 2. The Morgan fingerprint density at radius 2 is 2.23 bits per heavy atom.